The molecule has 1 atom stereocenters. The highest BCUT2D eigenvalue weighted by Gasteiger charge is 2.33. The molecule has 0 radical (unpaired) electrons. The number of likely N-dealkylation sites (tertiary alicyclic amines) is 1. The number of likely N-dealkylation sites (N-methyl/N-ethyl adjacent to an activating group) is 1. The molecule has 1 aromatic rings. The second kappa shape index (κ2) is 7.75. The number of carbonyl (C=O) groups is 2. The number of nitrogens with one attached hydrogen (secondary N) is 1. The van der Waals surface area contributed by atoms with Crippen molar-refractivity contribution in [2.75, 3.05) is 33.7 Å². The van der Waals surface area contributed by atoms with Gasteiger partial charge in [0.05, 0.1) is 10.9 Å². The van der Waals surface area contributed by atoms with Crippen LogP contribution in [0.2, 0.25) is 5.02 Å². The van der Waals surface area contributed by atoms with Crippen LogP contribution in [0.3, 0.4) is 0 Å². The first kappa shape index (κ1) is 17.7. The van der Waals surface area contributed by atoms with E-state index in [4.69, 9.17) is 11.6 Å². The maximum Gasteiger partial charge on any atom is 0.225 e. The third kappa shape index (κ3) is 4.91. The molecule has 0 saturated carbocycles. The summed E-state index contributed by atoms with van der Waals surface area (Å²) in [5.74, 6) is -0.969. The van der Waals surface area contributed by atoms with Gasteiger partial charge in [-0.15, -0.1) is 0 Å². The zero-order valence-electron chi connectivity index (χ0n) is 13.3. The lowest BCUT2D eigenvalue weighted by atomic mass is 10.1. The molecule has 2 rings (SSSR count). The molecule has 1 aromatic carbocycles. The van der Waals surface area contributed by atoms with Crippen LogP contribution in [0, 0.1) is 11.7 Å². The smallest absolute Gasteiger partial charge is 0.225 e. The molecule has 0 aliphatic carbocycles. The van der Waals surface area contributed by atoms with E-state index in [-0.39, 0.29) is 35.7 Å². The van der Waals surface area contributed by atoms with Gasteiger partial charge >= 0.3 is 0 Å². The van der Waals surface area contributed by atoms with Gasteiger partial charge in [0.25, 0.3) is 0 Å². The normalized spacial score (nSPS) is 17.9. The van der Waals surface area contributed by atoms with Crippen LogP contribution in [0.5, 0.6) is 0 Å². The first-order valence-electron chi connectivity index (χ1n) is 7.51. The summed E-state index contributed by atoms with van der Waals surface area (Å²) in [4.78, 5) is 27.8. The van der Waals surface area contributed by atoms with Crippen molar-refractivity contribution in [3.05, 3.63) is 34.6 Å². The SMILES string of the molecule is CN(C)CCN1CC(C(=O)NCc2ccc(F)c(Cl)c2)CC1=O. The number of amides is 2. The lowest BCUT2D eigenvalue weighted by molar-refractivity contribution is -0.129. The van der Waals surface area contributed by atoms with Crippen LogP contribution in [0.15, 0.2) is 18.2 Å². The minimum atomic E-state index is -0.486. The van der Waals surface area contributed by atoms with Gasteiger partial charge in [-0.1, -0.05) is 17.7 Å². The van der Waals surface area contributed by atoms with Gasteiger partial charge in [0.1, 0.15) is 5.82 Å². The second-order valence-corrected chi connectivity index (χ2v) is 6.42. The van der Waals surface area contributed by atoms with Gasteiger partial charge < -0.3 is 15.1 Å². The van der Waals surface area contributed by atoms with Crippen molar-refractivity contribution in [1.29, 1.82) is 0 Å². The average Bonchev–Trinajstić information content (AvgIpc) is 2.87. The largest absolute Gasteiger partial charge is 0.352 e. The molecule has 23 heavy (non-hydrogen) atoms. The summed E-state index contributed by atoms with van der Waals surface area (Å²) in [5, 5.41) is 2.81. The molecule has 2 amide bonds. The highest BCUT2D eigenvalue weighted by molar-refractivity contribution is 6.30. The fraction of sp³-hybridized carbons (Fsp3) is 0.500. The molecule has 1 unspecified atom stereocenters. The van der Waals surface area contributed by atoms with E-state index in [1.807, 2.05) is 19.0 Å². The van der Waals surface area contributed by atoms with Crippen molar-refractivity contribution in [2.45, 2.75) is 13.0 Å². The zero-order valence-corrected chi connectivity index (χ0v) is 14.1. The van der Waals surface area contributed by atoms with Crippen LogP contribution in [0.1, 0.15) is 12.0 Å². The molecule has 126 valence electrons. The van der Waals surface area contributed by atoms with Gasteiger partial charge in [-0.25, -0.2) is 4.39 Å². The Labute approximate surface area is 140 Å². The Morgan fingerprint density at radius 2 is 2.22 bits per heavy atom. The van der Waals surface area contributed by atoms with Gasteiger partial charge in [-0.05, 0) is 31.8 Å². The fourth-order valence-electron chi connectivity index (χ4n) is 2.47. The maximum absolute atomic E-state index is 13.1. The lowest BCUT2D eigenvalue weighted by Gasteiger charge is -2.19. The van der Waals surface area contributed by atoms with E-state index < -0.39 is 5.82 Å². The Morgan fingerprint density at radius 1 is 1.48 bits per heavy atom. The van der Waals surface area contributed by atoms with E-state index in [1.165, 1.54) is 12.1 Å². The summed E-state index contributed by atoms with van der Waals surface area (Å²) >= 11 is 5.71. The summed E-state index contributed by atoms with van der Waals surface area (Å²) in [7, 11) is 3.89. The average molecular weight is 342 g/mol. The van der Waals surface area contributed by atoms with Crippen LogP contribution in [0.25, 0.3) is 0 Å². The van der Waals surface area contributed by atoms with Gasteiger partial charge in [0.2, 0.25) is 11.8 Å². The molecule has 0 bridgehead atoms. The lowest BCUT2D eigenvalue weighted by Crippen LogP contribution is -2.35. The third-order valence-corrected chi connectivity index (χ3v) is 4.14. The molecule has 7 heteroatoms. The molecule has 1 aliphatic rings. The standard InChI is InChI=1S/C16H21ClFN3O2/c1-20(2)5-6-21-10-12(8-15(21)22)16(23)19-9-11-3-4-14(18)13(17)7-11/h3-4,7,12H,5-6,8-10H2,1-2H3,(H,19,23). The topological polar surface area (TPSA) is 52.6 Å². The molecule has 1 aliphatic heterocycles. The maximum atomic E-state index is 13.1. The van der Waals surface area contributed by atoms with Crippen LogP contribution in [-0.2, 0) is 16.1 Å². The number of carbonyl (C=O) groups excluding carboxylic acids is 2. The van der Waals surface area contributed by atoms with Crippen LogP contribution in [0.4, 0.5) is 4.39 Å². The van der Waals surface area contributed by atoms with Gasteiger partial charge in [-0.2, -0.15) is 0 Å². The Hall–Kier alpha value is -1.66. The number of nitrogens with zero attached hydrogens (tertiary/aromatic N) is 2. The summed E-state index contributed by atoms with van der Waals surface area (Å²) in [6, 6.07) is 4.33. The fourth-order valence-corrected chi connectivity index (χ4v) is 2.67. The van der Waals surface area contributed by atoms with Gasteiger partial charge in [0.15, 0.2) is 0 Å². The number of hydrogen-bond acceptors (Lipinski definition) is 3. The van der Waals surface area contributed by atoms with E-state index in [0.29, 0.717) is 13.1 Å². The first-order chi connectivity index (χ1) is 10.9. The second-order valence-electron chi connectivity index (χ2n) is 6.01. The van der Waals surface area contributed by atoms with Crippen molar-refractivity contribution in [2.24, 2.45) is 5.92 Å². The Kier molecular flexibility index (Phi) is 5.96. The molecule has 1 fully saturated rings. The van der Waals surface area contributed by atoms with E-state index in [9.17, 15) is 14.0 Å². The number of halogens is 2. The van der Waals surface area contributed by atoms with Crippen LogP contribution < -0.4 is 5.32 Å². The highest BCUT2D eigenvalue weighted by atomic mass is 35.5. The summed E-state index contributed by atoms with van der Waals surface area (Å²) < 4.78 is 13.1. The molecule has 0 spiro atoms. The van der Waals surface area contributed by atoms with Crippen LogP contribution in [-0.4, -0.2) is 55.3 Å². The Balaban J connectivity index is 1.84. The monoisotopic (exact) mass is 341 g/mol. The molecular formula is C16H21ClFN3O2. The molecule has 1 N–H and O–H groups in total. The predicted octanol–water partition coefficient (Wildman–Crippen LogP) is 1.51. The summed E-state index contributed by atoms with van der Waals surface area (Å²) in [6.45, 7) is 2.11. The molecule has 0 aromatic heterocycles. The van der Waals surface area contributed by atoms with Gasteiger partial charge in [0, 0.05) is 32.6 Å². The molecule has 1 heterocycles. The van der Waals surface area contributed by atoms with E-state index in [1.54, 1.807) is 11.0 Å². The zero-order chi connectivity index (χ0) is 17.0. The van der Waals surface area contributed by atoms with E-state index in [0.717, 1.165) is 12.1 Å². The number of rotatable bonds is 6. The molecular weight excluding hydrogens is 321 g/mol. The van der Waals surface area contributed by atoms with Crippen molar-refractivity contribution < 1.29 is 14.0 Å². The summed E-state index contributed by atoms with van der Waals surface area (Å²) in [6.07, 6.45) is 0.240. The van der Waals surface area contributed by atoms with Gasteiger partial charge in [-0.3, -0.25) is 9.59 Å². The minimum absolute atomic E-state index is 0.0110. The third-order valence-electron chi connectivity index (χ3n) is 3.85. The quantitative estimate of drug-likeness (QED) is 0.853. The molecule has 1 saturated heterocycles. The van der Waals surface area contributed by atoms with E-state index in [2.05, 4.69) is 5.32 Å². The Bertz CT molecular complexity index is 595. The molecule has 5 nitrogen and oxygen atoms in total. The van der Waals surface area contributed by atoms with Crippen molar-refractivity contribution in [1.82, 2.24) is 15.1 Å². The van der Waals surface area contributed by atoms with Crippen molar-refractivity contribution in [3.8, 4) is 0 Å². The highest BCUT2D eigenvalue weighted by Crippen LogP contribution is 2.19. The van der Waals surface area contributed by atoms with Crippen molar-refractivity contribution >= 4 is 23.4 Å². The minimum Gasteiger partial charge on any atom is -0.352 e. The van der Waals surface area contributed by atoms with E-state index >= 15 is 0 Å². The number of benzene rings is 1. The number of hydrogen-bond donors (Lipinski definition) is 1. The van der Waals surface area contributed by atoms with Crippen molar-refractivity contribution in [3.63, 3.8) is 0 Å². The first-order valence-corrected chi connectivity index (χ1v) is 7.88. The Morgan fingerprint density at radius 3 is 2.87 bits per heavy atom. The van der Waals surface area contributed by atoms with Crippen LogP contribution >= 0.6 is 11.6 Å². The summed E-state index contributed by atoms with van der Waals surface area (Å²) in [5.41, 5.74) is 0.721. The predicted molar refractivity (Wildman–Crippen MR) is 86.5 cm³/mol.